The quantitative estimate of drug-likeness (QED) is 0.915. The fraction of sp³-hybridized carbons (Fsp3) is 0.375. The maximum atomic E-state index is 6.21. The zero-order chi connectivity index (χ0) is 13.9. The molecule has 2 aromatic rings. The van der Waals surface area contributed by atoms with Crippen molar-refractivity contribution in [1.29, 1.82) is 0 Å². The van der Waals surface area contributed by atoms with E-state index in [0.717, 1.165) is 43.4 Å². The van der Waals surface area contributed by atoms with Crippen LogP contribution in [0.3, 0.4) is 0 Å². The highest BCUT2D eigenvalue weighted by Gasteiger charge is 2.18. The van der Waals surface area contributed by atoms with Crippen LogP contribution >= 0.6 is 11.6 Å². The van der Waals surface area contributed by atoms with E-state index in [1.807, 2.05) is 12.1 Å². The van der Waals surface area contributed by atoms with Gasteiger partial charge in [0.05, 0.1) is 13.2 Å². The van der Waals surface area contributed by atoms with Crippen molar-refractivity contribution < 1.29 is 4.74 Å². The average Bonchev–Trinajstić information content (AvgIpc) is 3.05. The van der Waals surface area contributed by atoms with Crippen LogP contribution in [0.5, 0.6) is 5.75 Å². The molecule has 1 N–H and O–H groups in total. The van der Waals surface area contributed by atoms with Crippen LogP contribution in [0.2, 0.25) is 5.02 Å². The van der Waals surface area contributed by atoms with Crippen molar-refractivity contribution in [1.82, 2.24) is 9.88 Å². The van der Waals surface area contributed by atoms with Gasteiger partial charge in [-0.2, -0.15) is 0 Å². The van der Waals surface area contributed by atoms with E-state index in [1.165, 1.54) is 16.8 Å². The van der Waals surface area contributed by atoms with Crippen LogP contribution in [0.15, 0.2) is 30.5 Å². The number of hydrogen-bond donors (Lipinski definition) is 1. The zero-order valence-corrected chi connectivity index (χ0v) is 12.4. The molecule has 0 unspecified atom stereocenters. The predicted octanol–water partition coefficient (Wildman–Crippen LogP) is 3.23. The smallest absolute Gasteiger partial charge is 0.127 e. The van der Waals surface area contributed by atoms with E-state index in [4.69, 9.17) is 16.3 Å². The molecule has 0 amide bonds. The molecule has 0 fully saturated rings. The van der Waals surface area contributed by atoms with E-state index in [9.17, 15) is 0 Å². The number of nitrogens with one attached hydrogen (secondary N) is 1. The van der Waals surface area contributed by atoms with Gasteiger partial charge >= 0.3 is 0 Å². The maximum absolute atomic E-state index is 6.21. The second-order valence-electron chi connectivity index (χ2n) is 5.06. The number of halogens is 1. The van der Waals surface area contributed by atoms with Gasteiger partial charge in [-0.15, -0.1) is 0 Å². The summed E-state index contributed by atoms with van der Waals surface area (Å²) in [5.41, 5.74) is 3.67. The highest BCUT2D eigenvalue weighted by molar-refractivity contribution is 6.30. The molecule has 2 heterocycles. The highest BCUT2D eigenvalue weighted by Crippen LogP contribution is 2.33. The standard InChI is InChI=1S/C16H19ClN2O/c1-2-18-10-15-4-3-6-19(15)11-13-9-14(17)8-12-5-7-20-16(12)13/h3-4,6,8-9,18H,2,5,7,10-11H2,1H3. The van der Waals surface area contributed by atoms with Crippen molar-refractivity contribution in [3.05, 3.63) is 52.3 Å². The maximum Gasteiger partial charge on any atom is 0.127 e. The van der Waals surface area contributed by atoms with Crippen LogP contribution in [-0.2, 0) is 19.5 Å². The Hall–Kier alpha value is -1.45. The van der Waals surface area contributed by atoms with Crippen LogP contribution in [0.1, 0.15) is 23.7 Å². The van der Waals surface area contributed by atoms with E-state index < -0.39 is 0 Å². The Bertz CT molecular complexity index is 607. The monoisotopic (exact) mass is 290 g/mol. The minimum atomic E-state index is 0.763. The van der Waals surface area contributed by atoms with Crippen molar-refractivity contribution in [2.45, 2.75) is 26.4 Å². The molecule has 3 rings (SSSR count). The molecular formula is C16H19ClN2O. The van der Waals surface area contributed by atoms with Crippen molar-refractivity contribution >= 4 is 11.6 Å². The van der Waals surface area contributed by atoms with Crippen LogP contribution in [0, 0.1) is 0 Å². The third-order valence-corrected chi connectivity index (χ3v) is 3.86. The fourth-order valence-electron chi connectivity index (χ4n) is 2.66. The first-order valence-electron chi connectivity index (χ1n) is 7.06. The van der Waals surface area contributed by atoms with Gasteiger partial charge in [0.15, 0.2) is 0 Å². The Kier molecular flexibility index (Phi) is 3.99. The number of hydrogen-bond acceptors (Lipinski definition) is 2. The number of fused-ring (bicyclic) bond motifs is 1. The van der Waals surface area contributed by atoms with Crippen molar-refractivity contribution in [2.75, 3.05) is 13.2 Å². The van der Waals surface area contributed by atoms with Gasteiger partial charge in [0.25, 0.3) is 0 Å². The largest absolute Gasteiger partial charge is 0.493 e. The first-order chi connectivity index (χ1) is 9.78. The Morgan fingerprint density at radius 1 is 1.40 bits per heavy atom. The summed E-state index contributed by atoms with van der Waals surface area (Å²) in [6.45, 7) is 5.54. The summed E-state index contributed by atoms with van der Waals surface area (Å²) in [6.07, 6.45) is 3.06. The lowest BCUT2D eigenvalue weighted by Gasteiger charge is -2.13. The lowest BCUT2D eigenvalue weighted by Crippen LogP contribution is -2.15. The van der Waals surface area contributed by atoms with Crippen LogP contribution < -0.4 is 10.1 Å². The summed E-state index contributed by atoms with van der Waals surface area (Å²) >= 11 is 6.21. The third-order valence-electron chi connectivity index (χ3n) is 3.65. The van der Waals surface area contributed by atoms with Crippen LogP contribution in [0.4, 0.5) is 0 Å². The minimum Gasteiger partial charge on any atom is -0.493 e. The number of ether oxygens (including phenoxy) is 1. The molecule has 3 nitrogen and oxygen atoms in total. The normalized spacial score (nSPS) is 13.3. The molecule has 0 saturated carbocycles. The highest BCUT2D eigenvalue weighted by atomic mass is 35.5. The van der Waals surface area contributed by atoms with Gasteiger partial charge in [0.1, 0.15) is 5.75 Å². The van der Waals surface area contributed by atoms with Gasteiger partial charge in [0.2, 0.25) is 0 Å². The first-order valence-corrected chi connectivity index (χ1v) is 7.44. The van der Waals surface area contributed by atoms with E-state index >= 15 is 0 Å². The molecule has 106 valence electrons. The number of rotatable bonds is 5. The molecular weight excluding hydrogens is 272 g/mol. The lowest BCUT2D eigenvalue weighted by molar-refractivity contribution is 0.352. The molecule has 0 saturated heterocycles. The second-order valence-corrected chi connectivity index (χ2v) is 5.50. The van der Waals surface area contributed by atoms with Gasteiger partial charge < -0.3 is 14.6 Å². The summed E-state index contributed by atoms with van der Waals surface area (Å²) in [5.74, 6) is 1.03. The minimum absolute atomic E-state index is 0.763. The Morgan fingerprint density at radius 2 is 2.30 bits per heavy atom. The fourth-order valence-corrected chi connectivity index (χ4v) is 2.93. The summed E-state index contributed by atoms with van der Waals surface area (Å²) in [5, 5.41) is 4.16. The molecule has 0 bridgehead atoms. The molecule has 1 aliphatic rings. The van der Waals surface area contributed by atoms with Gasteiger partial charge in [-0.05, 0) is 36.4 Å². The summed E-state index contributed by atoms with van der Waals surface area (Å²) < 4.78 is 8.01. The molecule has 0 radical (unpaired) electrons. The second kappa shape index (κ2) is 5.90. The predicted molar refractivity (Wildman–Crippen MR) is 81.6 cm³/mol. The van der Waals surface area contributed by atoms with E-state index in [-0.39, 0.29) is 0 Å². The molecule has 0 aliphatic carbocycles. The van der Waals surface area contributed by atoms with Crippen LogP contribution in [0.25, 0.3) is 0 Å². The molecule has 1 aromatic heterocycles. The first kappa shape index (κ1) is 13.5. The topological polar surface area (TPSA) is 26.2 Å². The zero-order valence-electron chi connectivity index (χ0n) is 11.7. The number of nitrogens with zero attached hydrogens (tertiary/aromatic N) is 1. The Morgan fingerprint density at radius 3 is 3.15 bits per heavy atom. The number of aromatic nitrogens is 1. The lowest BCUT2D eigenvalue weighted by atomic mass is 10.1. The molecule has 4 heteroatoms. The van der Waals surface area contributed by atoms with Crippen molar-refractivity contribution in [3.8, 4) is 5.75 Å². The average molecular weight is 291 g/mol. The van der Waals surface area contributed by atoms with E-state index in [1.54, 1.807) is 0 Å². The summed E-state index contributed by atoms with van der Waals surface area (Å²) in [7, 11) is 0. The molecule has 1 aliphatic heterocycles. The van der Waals surface area contributed by atoms with E-state index in [0.29, 0.717) is 0 Å². The van der Waals surface area contributed by atoms with Gasteiger partial charge in [-0.3, -0.25) is 0 Å². The molecule has 20 heavy (non-hydrogen) atoms. The summed E-state index contributed by atoms with van der Waals surface area (Å²) in [6, 6.07) is 8.26. The Labute approximate surface area is 124 Å². The SMILES string of the molecule is CCNCc1cccn1Cc1cc(Cl)cc2c1OCC2. The van der Waals surface area contributed by atoms with E-state index in [2.05, 4.69) is 35.1 Å². The van der Waals surface area contributed by atoms with Crippen LogP contribution in [-0.4, -0.2) is 17.7 Å². The molecule has 0 spiro atoms. The number of benzene rings is 1. The van der Waals surface area contributed by atoms with Crippen molar-refractivity contribution in [3.63, 3.8) is 0 Å². The third kappa shape index (κ3) is 2.69. The summed E-state index contributed by atoms with van der Waals surface area (Å²) in [4.78, 5) is 0. The van der Waals surface area contributed by atoms with Gasteiger partial charge in [-0.25, -0.2) is 0 Å². The van der Waals surface area contributed by atoms with Gasteiger partial charge in [0, 0.05) is 35.4 Å². The Balaban J connectivity index is 1.87. The molecule has 1 aromatic carbocycles. The molecule has 0 atom stereocenters. The van der Waals surface area contributed by atoms with Gasteiger partial charge in [-0.1, -0.05) is 18.5 Å². The van der Waals surface area contributed by atoms with Crippen molar-refractivity contribution in [2.24, 2.45) is 0 Å².